The quantitative estimate of drug-likeness (QED) is 0.509. The van der Waals surface area contributed by atoms with Gasteiger partial charge in [-0.15, -0.1) is 0 Å². The summed E-state index contributed by atoms with van der Waals surface area (Å²) in [6.45, 7) is 3.69. The van der Waals surface area contributed by atoms with Crippen molar-refractivity contribution in [1.29, 1.82) is 0 Å². The molecule has 0 bridgehead atoms. The van der Waals surface area contributed by atoms with Crippen molar-refractivity contribution >= 4 is 0 Å². The van der Waals surface area contributed by atoms with Gasteiger partial charge in [-0.1, -0.05) is 6.92 Å². The standard InChI is InChI=1S/C14H30O6/c1-5-13(6-15,8-17-2)11-20-12-14(7-16,9-18-3)10-19-4/h15-16H,5-12H2,1-4H3. The van der Waals surface area contributed by atoms with Gasteiger partial charge >= 0.3 is 0 Å². The molecule has 0 aliphatic carbocycles. The zero-order valence-electron chi connectivity index (χ0n) is 13.2. The van der Waals surface area contributed by atoms with E-state index in [-0.39, 0.29) is 13.2 Å². The highest BCUT2D eigenvalue weighted by Gasteiger charge is 2.33. The zero-order chi connectivity index (χ0) is 15.5. The number of aliphatic hydroxyl groups excluding tert-OH is 2. The first-order valence-electron chi connectivity index (χ1n) is 6.84. The Balaban J connectivity index is 4.53. The number of hydrogen-bond acceptors (Lipinski definition) is 6. The smallest absolute Gasteiger partial charge is 0.0634 e. The van der Waals surface area contributed by atoms with E-state index in [1.807, 2.05) is 6.92 Å². The highest BCUT2D eigenvalue weighted by molar-refractivity contribution is 4.81. The van der Waals surface area contributed by atoms with Gasteiger partial charge in [0, 0.05) is 26.7 Å². The number of ether oxygens (including phenoxy) is 4. The average Bonchev–Trinajstić information content (AvgIpc) is 2.46. The molecule has 0 spiro atoms. The third kappa shape index (κ3) is 6.03. The second-order valence-electron chi connectivity index (χ2n) is 5.46. The molecule has 20 heavy (non-hydrogen) atoms. The van der Waals surface area contributed by atoms with E-state index < -0.39 is 10.8 Å². The second-order valence-corrected chi connectivity index (χ2v) is 5.46. The van der Waals surface area contributed by atoms with Gasteiger partial charge in [0.25, 0.3) is 0 Å². The van der Waals surface area contributed by atoms with Crippen LogP contribution in [0.5, 0.6) is 0 Å². The number of rotatable bonds is 13. The van der Waals surface area contributed by atoms with Crippen molar-refractivity contribution in [3.63, 3.8) is 0 Å². The molecule has 0 heterocycles. The number of methoxy groups -OCH3 is 3. The molecular weight excluding hydrogens is 264 g/mol. The van der Waals surface area contributed by atoms with E-state index in [0.29, 0.717) is 33.0 Å². The van der Waals surface area contributed by atoms with E-state index in [1.54, 1.807) is 21.3 Å². The summed E-state index contributed by atoms with van der Waals surface area (Å²) in [5.74, 6) is 0. The molecule has 0 aromatic heterocycles. The largest absolute Gasteiger partial charge is 0.396 e. The summed E-state index contributed by atoms with van der Waals surface area (Å²) in [5.41, 5.74) is -0.985. The Labute approximate surface area is 122 Å². The fourth-order valence-corrected chi connectivity index (χ4v) is 2.11. The van der Waals surface area contributed by atoms with Crippen LogP contribution in [-0.2, 0) is 18.9 Å². The Kier molecular flexibility index (Phi) is 10.4. The van der Waals surface area contributed by atoms with Gasteiger partial charge in [0.2, 0.25) is 0 Å². The summed E-state index contributed by atoms with van der Waals surface area (Å²) in [6, 6.07) is 0. The lowest BCUT2D eigenvalue weighted by atomic mass is 9.87. The lowest BCUT2D eigenvalue weighted by Crippen LogP contribution is -2.42. The highest BCUT2D eigenvalue weighted by Crippen LogP contribution is 2.24. The molecule has 0 saturated heterocycles. The minimum Gasteiger partial charge on any atom is -0.396 e. The third-order valence-corrected chi connectivity index (χ3v) is 3.59. The van der Waals surface area contributed by atoms with Crippen LogP contribution < -0.4 is 0 Å². The summed E-state index contributed by atoms with van der Waals surface area (Å²) < 4.78 is 21.2. The van der Waals surface area contributed by atoms with Crippen molar-refractivity contribution in [3.05, 3.63) is 0 Å². The van der Waals surface area contributed by atoms with E-state index in [4.69, 9.17) is 18.9 Å². The fraction of sp³-hybridized carbons (Fsp3) is 1.00. The van der Waals surface area contributed by atoms with Crippen LogP contribution in [0.4, 0.5) is 0 Å². The molecule has 6 nitrogen and oxygen atoms in total. The van der Waals surface area contributed by atoms with Crippen LogP contribution in [0.2, 0.25) is 0 Å². The van der Waals surface area contributed by atoms with E-state index >= 15 is 0 Å². The Morgan fingerprint density at radius 3 is 1.45 bits per heavy atom. The molecule has 1 unspecified atom stereocenters. The molecule has 0 aromatic rings. The third-order valence-electron chi connectivity index (χ3n) is 3.59. The van der Waals surface area contributed by atoms with Crippen molar-refractivity contribution in [2.45, 2.75) is 13.3 Å². The molecule has 6 heteroatoms. The Bertz CT molecular complexity index is 224. The maximum atomic E-state index is 9.57. The minimum atomic E-state index is -0.578. The summed E-state index contributed by atoms with van der Waals surface area (Å²) >= 11 is 0. The molecule has 0 amide bonds. The van der Waals surface area contributed by atoms with Crippen LogP contribution in [0, 0.1) is 10.8 Å². The van der Waals surface area contributed by atoms with Gasteiger partial charge in [-0.25, -0.2) is 0 Å². The van der Waals surface area contributed by atoms with Crippen LogP contribution in [0.25, 0.3) is 0 Å². The molecule has 0 aliphatic rings. The van der Waals surface area contributed by atoms with Crippen molar-refractivity contribution < 1.29 is 29.2 Å². The van der Waals surface area contributed by atoms with E-state index in [1.165, 1.54) is 0 Å². The maximum Gasteiger partial charge on any atom is 0.0634 e. The van der Waals surface area contributed by atoms with Gasteiger partial charge in [0.1, 0.15) is 0 Å². The molecule has 2 N–H and O–H groups in total. The Morgan fingerprint density at radius 2 is 1.10 bits per heavy atom. The highest BCUT2D eigenvalue weighted by atomic mass is 16.5. The minimum absolute atomic E-state index is 0.00196. The normalized spacial score (nSPS) is 15.3. The molecule has 0 fully saturated rings. The molecule has 0 aliphatic heterocycles. The summed E-state index contributed by atoms with van der Waals surface area (Å²) in [5, 5.41) is 19.1. The first-order chi connectivity index (χ1) is 9.57. The zero-order valence-corrected chi connectivity index (χ0v) is 13.2. The van der Waals surface area contributed by atoms with Crippen LogP contribution in [-0.4, -0.2) is 77.8 Å². The van der Waals surface area contributed by atoms with Gasteiger partial charge in [-0.2, -0.15) is 0 Å². The van der Waals surface area contributed by atoms with Crippen LogP contribution in [0.3, 0.4) is 0 Å². The summed E-state index contributed by atoms with van der Waals surface area (Å²) in [6.07, 6.45) is 0.748. The van der Waals surface area contributed by atoms with Crippen LogP contribution in [0.15, 0.2) is 0 Å². The molecule has 0 saturated carbocycles. The molecular formula is C14H30O6. The summed E-state index contributed by atoms with van der Waals surface area (Å²) in [7, 11) is 4.76. The monoisotopic (exact) mass is 294 g/mol. The number of hydrogen-bond donors (Lipinski definition) is 2. The van der Waals surface area contributed by atoms with Gasteiger partial charge in [-0.05, 0) is 6.42 Å². The predicted molar refractivity (Wildman–Crippen MR) is 75.8 cm³/mol. The average molecular weight is 294 g/mol. The molecule has 0 aromatic carbocycles. The fourth-order valence-electron chi connectivity index (χ4n) is 2.11. The van der Waals surface area contributed by atoms with Gasteiger partial charge in [-0.3, -0.25) is 0 Å². The first kappa shape index (κ1) is 19.8. The van der Waals surface area contributed by atoms with Crippen molar-refractivity contribution in [1.82, 2.24) is 0 Å². The maximum absolute atomic E-state index is 9.57. The lowest BCUT2D eigenvalue weighted by Gasteiger charge is -2.34. The van der Waals surface area contributed by atoms with E-state index in [9.17, 15) is 10.2 Å². The Hall–Kier alpha value is -0.240. The van der Waals surface area contributed by atoms with E-state index in [2.05, 4.69) is 0 Å². The SMILES string of the molecule is CCC(CO)(COC)COCC(CO)(COC)COC. The number of aliphatic hydroxyl groups is 2. The van der Waals surface area contributed by atoms with Crippen molar-refractivity contribution in [2.75, 3.05) is 67.6 Å². The van der Waals surface area contributed by atoms with Crippen molar-refractivity contribution in [2.24, 2.45) is 10.8 Å². The van der Waals surface area contributed by atoms with E-state index in [0.717, 1.165) is 6.42 Å². The Morgan fingerprint density at radius 1 is 0.700 bits per heavy atom. The molecule has 122 valence electrons. The second kappa shape index (κ2) is 10.5. The van der Waals surface area contributed by atoms with Crippen molar-refractivity contribution in [3.8, 4) is 0 Å². The van der Waals surface area contributed by atoms with Gasteiger partial charge < -0.3 is 29.2 Å². The molecule has 1 atom stereocenters. The van der Waals surface area contributed by atoms with Gasteiger partial charge in [0.15, 0.2) is 0 Å². The van der Waals surface area contributed by atoms with Gasteiger partial charge in [0.05, 0.1) is 51.7 Å². The lowest BCUT2D eigenvalue weighted by molar-refractivity contribution is -0.105. The summed E-state index contributed by atoms with van der Waals surface area (Å²) in [4.78, 5) is 0. The molecule has 0 rings (SSSR count). The molecule has 0 radical (unpaired) electrons. The first-order valence-corrected chi connectivity index (χ1v) is 6.84. The van der Waals surface area contributed by atoms with Crippen LogP contribution >= 0.6 is 0 Å². The predicted octanol–water partition coefficient (Wildman–Crippen LogP) is 0.310. The topological polar surface area (TPSA) is 77.4 Å². The van der Waals surface area contributed by atoms with Crippen LogP contribution in [0.1, 0.15) is 13.3 Å².